The van der Waals surface area contributed by atoms with Crippen LogP contribution in [0.15, 0.2) is 0 Å². The fraction of sp³-hybridized carbons (Fsp3) is 1.00. The molecule has 2 aliphatic carbocycles. The third kappa shape index (κ3) is 1.67. The molecule has 0 aromatic carbocycles. The molecule has 2 saturated carbocycles. The van der Waals surface area contributed by atoms with Gasteiger partial charge in [0.2, 0.25) is 0 Å². The minimum absolute atomic E-state index is 0.638. The first-order valence-electron chi connectivity index (χ1n) is 7.90. The van der Waals surface area contributed by atoms with Gasteiger partial charge in [-0.2, -0.15) is 0 Å². The lowest BCUT2D eigenvalue weighted by Crippen LogP contribution is -2.66. The highest BCUT2D eigenvalue weighted by Gasteiger charge is 2.60. The highest BCUT2D eigenvalue weighted by Crippen LogP contribution is 2.54. The zero-order chi connectivity index (χ0) is 11.3. The van der Waals surface area contributed by atoms with E-state index < -0.39 is 0 Å². The summed E-state index contributed by atoms with van der Waals surface area (Å²) >= 11 is 0. The van der Waals surface area contributed by atoms with Crippen molar-refractivity contribution in [2.24, 2.45) is 5.92 Å². The van der Waals surface area contributed by atoms with Gasteiger partial charge >= 0.3 is 0 Å². The molecule has 1 N–H and O–H groups in total. The zero-order valence-corrected chi connectivity index (χ0v) is 11.0. The molecule has 3 aliphatic heterocycles. The van der Waals surface area contributed by atoms with Gasteiger partial charge in [0.05, 0.1) is 0 Å². The van der Waals surface area contributed by atoms with Gasteiger partial charge in [0.1, 0.15) is 0 Å². The maximum absolute atomic E-state index is 4.10. The fourth-order valence-corrected chi connectivity index (χ4v) is 4.88. The van der Waals surface area contributed by atoms with Crippen LogP contribution in [0.4, 0.5) is 0 Å². The molecular formula is C15H26N2. The van der Waals surface area contributed by atoms with Crippen LogP contribution >= 0.6 is 0 Å². The van der Waals surface area contributed by atoms with Gasteiger partial charge in [-0.15, -0.1) is 0 Å². The maximum atomic E-state index is 4.10. The lowest BCUT2D eigenvalue weighted by atomic mass is 9.76. The molecule has 2 heteroatoms. The molecule has 1 spiro atoms. The number of nitrogens with zero attached hydrogens (tertiary/aromatic N) is 1. The molecule has 3 heterocycles. The lowest BCUT2D eigenvalue weighted by Gasteiger charge is -2.53. The monoisotopic (exact) mass is 234 g/mol. The molecule has 0 amide bonds. The summed E-state index contributed by atoms with van der Waals surface area (Å²) < 4.78 is 0. The standard InChI is InChI=1S/C15H26N2/c1-2-4-13(5-3-1)16-14-12-6-10-17(11-7-12)15(14)8-9-15/h12-14,16H,1-11H2. The van der Waals surface area contributed by atoms with Crippen molar-refractivity contribution in [3.8, 4) is 0 Å². The largest absolute Gasteiger partial charge is 0.309 e. The topological polar surface area (TPSA) is 15.3 Å². The average Bonchev–Trinajstić information content (AvgIpc) is 3.17. The van der Waals surface area contributed by atoms with Crippen LogP contribution < -0.4 is 5.32 Å². The molecule has 2 bridgehead atoms. The van der Waals surface area contributed by atoms with E-state index in [1.165, 1.54) is 70.9 Å². The van der Waals surface area contributed by atoms with Crippen LogP contribution in [-0.2, 0) is 0 Å². The second-order valence-corrected chi connectivity index (χ2v) is 6.91. The Kier molecular flexibility index (Phi) is 2.52. The Morgan fingerprint density at radius 2 is 1.59 bits per heavy atom. The molecular weight excluding hydrogens is 208 g/mol. The summed E-state index contributed by atoms with van der Waals surface area (Å²) in [6, 6.07) is 1.71. The van der Waals surface area contributed by atoms with Gasteiger partial charge in [0, 0.05) is 17.6 Å². The van der Waals surface area contributed by atoms with Crippen LogP contribution in [-0.4, -0.2) is 35.6 Å². The Morgan fingerprint density at radius 3 is 2.24 bits per heavy atom. The summed E-state index contributed by atoms with van der Waals surface area (Å²) in [5.41, 5.74) is 0.638. The predicted molar refractivity (Wildman–Crippen MR) is 70.1 cm³/mol. The van der Waals surface area contributed by atoms with Crippen LogP contribution in [0.25, 0.3) is 0 Å². The summed E-state index contributed by atoms with van der Waals surface area (Å²) in [5, 5.41) is 4.10. The molecule has 0 aromatic heterocycles. The molecule has 0 radical (unpaired) electrons. The van der Waals surface area contributed by atoms with Crippen LogP contribution in [0, 0.1) is 5.92 Å². The molecule has 2 nitrogen and oxygen atoms in total. The number of hydrogen-bond donors (Lipinski definition) is 1. The van der Waals surface area contributed by atoms with Crippen molar-refractivity contribution in [3.63, 3.8) is 0 Å². The Bertz CT molecular complexity index is 283. The van der Waals surface area contributed by atoms with Crippen molar-refractivity contribution >= 4 is 0 Å². The first kappa shape index (κ1) is 10.8. The summed E-state index contributed by atoms with van der Waals surface area (Å²) in [6.07, 6.45) is 13.2. The van der Waals surface area contributed by atoms with E-state index in [4.69, 9.17) is 0 Å². The van der Waals surface area contributed by atoms with Gasteiger partial charge in [0.15, 0.2) is 0 Å². The summed E-state index contributed by atoms with van der Waals surface area (Å²) in [5.74, 6) is 1.00. The van der Waals surface area contributed by atoms with Crippen LogP contribution in [0.1, 0.15) is 57.8 Å². The molecule has 3 saturated heterocycles. The molecule has 5 fully saturated rings. The second-order valence-electron chi connectivity index (χ2n) is 6.91. The van der Waals surface area contributed by atoms with E-state index in [1.807, 2.05) is 0 Å². The number of hydrogen-bond acceptors (Lipinski definition) is 2. The van der Waals surface area contributed by atoms with Gasteiger partial charge in [-0.1, -0.05) is 19.3 Å². The Morgan fingerprint density at radius 1 is 0.882 bits per heavy atom. The van der Waals surface area contributed by atoms with Gasteiger partial charge in [0.25, 0.3) is 0 Å². The van der Waals surface area contributed by atoms with Gasteiger partial charge in [-0.25, -0.2) is 0 Å². The van der Waals surface area contributed by atoms with E-state index in [-0.39, 0.29) is 0 Å². The smallest absolute Gasteiger partial charge is 0.0366 e. The molecule has 1 atom stereocenters. The van der Waals surface area contributed by atoms with Crippen molar-refractivity contribution in [1.29, 1.82) is 0 Å². The normalized spacial score (nSPS) is 44.1. The van der Waals surface area contributed by atoms with Gasteiger partial charge in [-0.05, 0) is 57.5 Å². The van der Waals surface area contributed by atoms with E-state index in [2.05, 4.69) is 10.2 Å². The van der Waals surface area contributed by atoms with Crippen LogP contribution in [0.2, 0.25) is 0 Å². The summed E-state index contributed by atoms with van der Waals surface area (Å²) in [4.78, 5) is 2.83. The Balaban J connectivity index is 1.48. The maximum Gasteiger partial charge on any atom is 0.0366 e. The molecule has 17 heavy (non-hydrogen) atoms. The van der Waals surface area contributed by atoms with Gasteiger partial charge in [-0.3, -0.25) is 4.90 Å². The molecule has 0 aromatic rings. The minimum atomic E-state index is 0.638. The highest BCUT2D eigenvalue weighted by atomic mass is 15.3. The van der Waals surface area contributed by atoms with E-state index in [0.717, 1.165) is 18.0 Å². The van der Waals surface area contributed by atoms with Crippen molar-refractivity contribution in [3.05, 3.63) is 0 Å². The van der Waals surface area contributed by atoms with E-state index in [9.17, 15) is 0 Å². The third-order valence-electron chi connectivity index (χ3n) is 6.00. The van der Waals surface area contributed by atoms with E-state index in [0.29, 0.717) is 5.54 Å². The highest BCUT2D eigenvalue weighted by molar-refractivity contribution is 5.18. The van der Waals surface area contributed by atoms with Crippen LogP contribution in [0.3, 0.4) is 0 Å². The van der Waals surface area contributed by atoms with Gasteiger partial charge < -0.3 is 5.32 Å². The SMILES string of the molecule is C1CCC(NC2C3CCN(CC3)C23CC3)CC1. The molecule has 5 aliphatic rings. The van der Waals surface area contributed by atoms with Crippen molar-refractivity contribution in [2.75, 3.05) is 13.1 Å². The minimum Gasteiger partial charge on any atom is -0.309 e. The second kappa shape index (κ2) is 3.96. The average molecular weight is 234 g/mol. The Hall–Kier alpha value is -0.0800. The molecule has 1 unspecified atom stereocenters. The number of fused-ring (bicyclic) bond motifs is 2. The molecule has 5 rings (SSSR count). The summed E-state index contributed by atoms with van der Waals surface area (Å²) in [7, 11) is 0. The van der Waals surface area contributed by atoms with E-state index >= 15 is 0 Å². The number of rotatable bonds is 2. The number of piperidine rings is 3. The zero-order valence-electron chi connectivity index (χ0n) is 11.0. The predicted octanol–water partition coefficient (Wildman–Crippen LogP) is 2.54. The van der Waals surface area contributed by atoms with Crippen molar-refractivity contribution in [1.82, 2.24) is 10.2 Å². The van der Waals surface area contributed by atoms with Crippen molar-refractivity contribution in [2.45, 2.75) is 75.4 Å². The van der Waals surface area contributed by atoms with Crippen LogP contribution in [0.5, 0.6) is 0 Å². The fourth-order valence-electron chi connectivity index (χ4n) is 4.88. The quantitative estimate of drug-likeness (QED) is 0.790. The van der Waals surface area contributed by atoms with Crippen molar-refractivity contribution < 1.29 is 0 Å². The lowest BCUT2D eigenvalue weighted by molar-refractivity contribution is -0.00891. The first-order chi connectivity index (χ1) is 8.38. The first-order valence-corrected chi connectivity index (χ1v) is 7.90. The summed E-state index contributed by atoms with van der Waals surface area (Å²) in [6.45, 7) is 2.79. The molecule has 96 valence electrons. The third-order valence-corrected chi connectivity index (χ3v) is 6.00. The van der Waals surface area contributed by atoms with E-state index in [1.54, 1.807) is 0 Å². The Labute approximate surface area is 105 Å². The number of nitrogens with one attached hydrogen (secondary N) is 1.